The zero-order valence-corrected chi connectivity index (χ0v) is 11.0. The second-order valence-electron chi connectivity index (χ2n) is 4.33. The number of hydrogen-bond acceptors (Lipinski definition) is 1. The van der Waals surface area contributed by atoms with Crippen molar-refractivity contribution in [3.8, 4) is 0 Å². The molecule has 0 fully saturated rings. The Hall–Kier alpha value is 0.394. The fourth-order valence-electron chi connectivity index (χ4n) is 0.471. The molecule has 0 amide bonds. The first-order valence-electron chi connectivity index (χ1n) is 3.68. The first-order chi connectivity index (χ1) is 4.31. The highest BCUT2D eigenvalue weighted by atomic mass is 28.3. The number of rotatable bonds is 2. The van der Waals surface area contributed by atoms with Gasteiger partial charge in [-0.15, -0.1) is 0 Å². The van der Waals surface area contributed by atoms with Crippen LogP contribution in [0.25, 0.3) is 0 Å². The van der Waals surface area contributed by atoms with E-state index in [0.717, 1.165) is 10.5 Å². The maximum absolute atomic E-state index is 5.21. The Bertz CT molecular complexity index is 105. The monoisotopic (exact) mass is 175 g/mol. The molecule has 0 aliphatic rings. The van der Waals surface area contributed by atoms with Gasteiger partial charge in [0.15, 0.2) is 0 Å². The van der Waals surface area contributed by atoms with Crippen LogP contribution in [0.3, 0.4) is 0 Å². The van der Waals surface area contributed by atoms with Crippen LogP contribution in [-0.4, -0.2) is 18.6 Å². The van der Waals surface area contributed by atoms with Crippen molar-refractivity contribution >= 4 is 18.6 Å². The minimum atomic E-state index is -1.22. The summed E-state index contributed by atoms with van der Waals surface area (Å²) in [6, 6.07) is 0. The maximum Gasteiger partial charge on any atom is 0.146 e. The van der Waals surface area contributed by atoms with Crippen molar-refractivity contribution in [2.24, 2.45) is 0 Å². The molecule has 0 heterocycles. The third kappa shape index (κ3) is 2.56. The van der Waals surface area contributed by atoms with E-state index in [1.165, 1.54) is 0 Å². The Balaban J connectivity index is 4.10. The van der Waals surface area contributed by atoms with Gasteiger partial charge in [-0.05, 0) is 5.04 Å². The summed E-state index contributed by atoms with van der Waals surface area (Å²) in [5, 5.41) is 0.428. The van der Waals surface area contributed by atoms with E-state index in [-0.39, 0.29) is 0 Å². The average Bonchev–Trinajstić information content (AvgIpc) is 1.61. The van der Waals surface area contributed by atoms with Crippen molar-refractivity contribution < 1.29 is 4.43 Å². The summed E-state index contributed by atoms with van der Waals surface area (Å²) >= 11 is 0. The molecule has 0 rings (SSSR count). The third-order valence-corrected chi connectivity index (χ3v) is 7.74. The predicted molar refractivity (Wildman–Crippen MR) is 52.5 cm³/mol. The van der Waals surface area contributed by atoms with E-state index in [1.807, 2.05) is 0 Å². The van der Waals surface area contributed by atoms with Crippen LogP contribution in [0.4, 0.5) is 0 Å². The quantitative estimate of drug-likeness (QED) is 0.578. The lowest BCUT2D eigenvalue weighted by Gasteiger charge is -2.35. The zero-order chi connectivity index (χ0) is 8.41. The molecule has 0 spiro atoms. The van der Waals surface area contributed by atoms with E-state index >= 15 is 0 Å². The van der Waals surface area contributed by atoms with Gasteiger partial charge in [-0.1, -0.05) is 33.9 Å². The minimum absolute atomic E-state index is 0.428. The van der Waals surface area contributed by atoms with Crippen molar-refractivity contribution in [2.45, 2.75) is 38.9 Å². The fourth-order valence-corrected chi connectivity index (χ4v) is 3.18. The minimum Gasteiger partial charge on any atom is -0.426 e. The summed E-state index contributed by atoms with van der Waals surface area (Å²) in [4.78, 5) is 0. The smallest absolute Gasteiger partial charge is 0.146 e. The summed E-state index contributed by atoms with van der Waals surface area (Å²) in [6.45, 7) is 11.5. The van der Waals surface area contributed by atoms with Crippen molar-refractivity contribution in [1.82, 2.24) is 0 Å². The van der Waals surface area contributed by atoms with Gasteiger partial charge in [0.05, 0.1) is 14.3 Å². The first-order valence-corrected chi connectivity index (χ1v) is 7.58. The molecule has 0 N–H and O–H groups in total. The molecule has 61 valence electrons. The Morgan fingerprint density at radius 2 is 1.70 bits per heavy atom. The van der Waals surface area contributed by atoms with Crippen LogP contribution < -0.4 is 0 Å². The van der Waals surface area contributed by atoms with Crippen LogP contribution in [0.1, 0.15) is 20.8 Å². The molecule has 0 aliphatic carbocycles. The lowest BCUT2D eigenvalue weighted by molar-refractivity contribution is 0.483. The summed E-state index contributed by atoms with van der Waals surface area (Å²) in [7, 11) is -0.385. The zero-order valence-electron chi connectivity index (χ0n) is 7.99. The topological polar surface area (TPSA) is 9.23 Å². The molecule has 0 unspecified atom stereocenters. The van der Waals surface area contributed by atoms with Gasteiger partial charge in [-0.2, -0.15) is 0 Å². The number of hydrogen-bond donors (Lipinski definition) is 0. The van der Waals surface area contributed by atoms with E-state index in [2.05, 4.69) is 40.1 Å². The molecule has 3 heteroatoms. The highest BCUT2D eigenvalue weighted by Gasteiger charge is 2.35. The van der Waals surface area contributed by atoms with E-state index < -0.39 is 8.07 Å². The van der Waals surface area contributed by atoms with Crippen molar-refractivity contribution in [3.05, 3.63) is 6.23 Å². The van der Waals surface area contributed by atoms with Gasteiger partial charge in [-0.3, -0.25) is 0 Å². The lowest BCUT2D eigenvalue weighted by Crippen LogP contribution is -2.38. The fraction of sp³-hybridized carbons (Fsp3) is 0.857. The largest absolute Gasteiger partial charge is 0.426 e. The van der Waals surface area contributed by atoms with E-state index in [1.54, 1.807) is 0 Å². The van der Waals surface area contributed by atoms with Gasteiger partial charge in [0.25, 0.3) is 0 Å². The second kappa shape index (κ2) is 3.19. The van der Waals surface area contributed by atoms with Gasteiger partial charge in [0.1, 0.15) is 10.5 Å². The van der Waals surface area contributed by atoms with E-state index in [0.29, 0.717) is 5.04 Å². The second-order valence-corrected chi connectivity index (χ2v) is 9.98. The van der Waals surface area contributed by atoms with Gasteiger partial charge >= 0.3 is 0 Å². The van der Waals surface area contributed by atoms with Crippen molar-refractivity contribution in [3.63, 3.8) is 0 Å². The van der Waals surface area contributed by atoms with Crippen LogP contribution in [0.15, 0.2) is 0 Å². The molecule has 10 heavy (non-hydrogen) atoms. The Labute approximate surface area is 68.7 Å². The Morgan fingerprint density at radius 1 is 1.30 bits per heavy atom. The summed E-state index contributed by atoms with van der Waals surface area (Å²) in [5.74, 6) is 0. The van der Waals surface area contributed by atoms with Crippen LogP contribution in [-0.2, 0) is 4.43 Å². The normalized spacial score (nSPS) is 14.1. The standard InChI is InChI=1S/C7H19OSi2/c1-7(2,3)10(4,5)6-8-9/h6H,1-5,9H3. The first kappa shape index (κ1) is 10.4. The van der Waals surface area contributed by atoms with Crippen LogP contribution in [0.2, 0.25) is 18.1 Å². The SMILES string of the molecule is CC(C)(C)[Si](C)(C)[CH]O[SiH3]. The Kier molecular flexibility index (Phi) is 3.32. The molecule has 0 aromatic heterocycles. The van der Waals surface area contributed by atoms with Crippen LogP contribution in [0, 0.1) is 6.23 Å². The van der Waals surface area contributed by atoms with Crippen molar-refractivity contribution in [2.75, 3.05) is 0 Å². The lowest BCUT2D eigenvalue weighted by atomic mass is 10.2. The van der Waals surface area contributed by atoms with Gasteiger partial charge in [0.2, 0.25) is 0 Å². The highest BCUT2D eigenvalue weighted by Crippen LogP contribution is 2.37. The molecule has 0 aromatic rings. The van der Waals surface area contributed by atoms with Gasteiger partial charge in [0, 0.05) is 0 Å². The molecule has 0 aromatic carbocycles. The Morgan fingerprint density at radius 3 is 1.80 bits per heavy atom. The molecule has 0 aliphatic heterocycles. The summed E-state index contributed by atoms with van der Waals surface area (Å²) in [6.07, 6.45) is 2.10. The van der Waals surface area contributed by atoms with Crippen LogP contribution in [0.5, 0.6) is 0 Å². The maximum atomic E-state index is 5.21. The summed E-state index contributed by atoms with van der Waals surface area (Å²) in [5.41, 5.74) is 0. The molecular formula is C7H19OSi2. The van der Waals surface area contributed by atoms with Gasteiger partial charge in [-0.25, -0.2) is 0 Å². The predicted octanol–water partition coefficient (Wildman–Crippen LogP) is 1.49. The molecule has 0 saturated heterocycles. The molecule has 0 bridgehead atoms. The molecule has 0 atom stereocenters. The van der Waals surface area contributed by atoms with Gasteiger partial charge < -0.3 is 4.43 Å². The molecule has 0 saturated carbocycles. The van der Waals surface area contributed by atoms with Crippen molar-refractivity contribution in [1.29, 1.82) is 0 Å². The van der Waals surface area contributed by atoms with E-state index in [4.69, 9.17) is 4.43 Å². The highest BCUT2D eigenvalue weighted by molar-refractivity contribution is 6.83. The summed E-state index contributed by atoms with van der Waals surface area (Å²) < 4.78 is 5.21. The van der Waals surface area contributed by atoms with Crippen LogP contribution >= 0.6 is 0 Å². The third-order valence-electron chi connectivity index (χ3n) is 2.35. The molecule has 1 radical (unpaired) electrons. The molecular weight excluding hydrogens is 156 g/mol. The van der Waals surface area contributed by atoms with E-state index in [9.17, 15) is 0 Å². The molecule has 1 nitrogen and oxygen atoms in total. The average molecular weight is 175 g/mol.